The van der Waals surface area contributed by atoms with Gasteiger partial charge in [-0.25, -0.2) is 5.43 Å². The molecule has 5 nitrogen and oxygen atoms in total. The van der Waals surface area contributed by atoms with Crippen LogP contribution in [0.15, 0.2) is 53.6 Å². The van der Waals surface area contributed by atoms with Crippen LogP contribution >= 0.6 is 23.2 Å². The molecule has 0 atom stereocenters. The van der Waals surface area contributed by atoms with E-state index in [0.29, 0.717) is 29.8 Å². The number of carbonyl (C=O) groups is 1. The standard InChI is InChI=1S/C19H18Cl2N4O/c1-13-19(18(26)23-22-13)10-24(16-6-2-14(20)3-7-16)12-25(11-19)17-8-4-15(21)5-9-17/h2-9H,10-12H2,1H3,(H,23,26). The van der Waals surface area contributed by atoms with Gasteiger partial charge in [0.05, 0.1) is 12.4 Å². The SMILES string of the molecule is CC1=NNC(=O)C12CN(c1ccc(Cl)cc1)CN(c1ccc(Cl)cc1)C2. The third-order valence-corrected chi connectivity index (χ3v) is 5.60. The van der Waals surface area contributed by atoms with E-state index >= 15 is 0 Å². The summed E-state index contributed by atoms with van der Waals surface area (Å²) in [6.45, 7) is 3.70. The first kappa shape index (κ1) is 17.2. The molecule has 2 aromatic rings. The van der Waals surface area contributed by atoms with Gasteiger partial charge in [-0.1, -0.05) is 23.2 Å². The molecule has 0 bridgehead atoms. The molecule has 26 heavy (non-hydrogen) atoms. The minimum absolute atomic E-state index is 0.0624. The van der Waals surface area contributed by atoms with Gasteiger partial charge in [-0.15, -0.1) is 0 Å². The Balaban J connectivity index is 1.73. The lowest BCUT2D eigenvalue weighted by Gasteiger charge is -2.46. The van der Waals surface area contributed by atoms with Gasteiger partial charge in [-0.3, -0.25) is 4.79 Å². The largest absolute Gasteiger partial charge is 0.352 e. The molecular formula is C19H18Cl2N4O. The van der Waals surface area contributed by atoms with E-state index in [0.717, 1.165) is 17.1 Å². The molecule has 1 spiro atoms. The van der Waals surface area contributed by atoms with Gasteiger partial charge in [0.15, 0.2) is 0 Å². The van der Waals surface area contributed by atoms with E-state index < -0.39 is 5.41 Å². The Morgan fingerprint density at radius 3 is 1.77 bits per heavy atom. The molecule has 2 aliphatic rings. The van der Waals surface area contributed by atoms with E-state index in [1.807, 2.05) is 55.5 Å². The second-order valence-corrected chi connectivity index (χ2v) is 7.58. The van der Waals surface area contributed by atoms with Crippen LogP contribution in [0.3, 0.4) is 0 Å². The van der Waals surface area contributed by atoms with Gasteiger partial charge in [-0.05, 0) is 55.5 Å². The molecule has 1 fully saturated rings. The zero-order valence-electron chi connectivity index (χ0n) is 14.2. The van der Waals surface area contributed by atoms with Crippen LogP contribution in [-0.2, 0) is 4.79 Å². The van der Waals surface area contributed by atoms with Crippen LogP contribution in [0.4, 0.5) is 11.4 Å². The zero-order valence-corrected chi connectivity index (χ0v) is 15.8. The molecule has 0 aliphatic carbocycles. The maximum Gasteiger partial charge on any atom is 0.255 e. The molecule has 0 aromatic heterocycles. The van der Waals surface area contributed by atoms with Gasteiger partial charge in [0.25, 0.3) is 5.91 Å². The van der Waals surface area contributed by atoms with Crippen LogP contribution in [0, 0.1) is 5.41 Å². The van der Waals surface area contributed by atoms with Crippen molar-refractivity contribution in [1.82, 2.24) is 5.43 Å². The van der Waals surface area contributed by atoms with Gasteiger partial charge >= 0.3 is 0 Å². The quantitative estimate of drug-likeness (QED) is 0.851. The summed E-state index contributed by atoms with van der Waals surface area (Å²) in [6, 6.07) is 15.3. The summed E-state index contributed by atoms with van der Waals surface area (Å²) in [4.78, 5) is 17.1. The van der Waals surface area contributed by atoms with E-state index in [1.165, 1.54) is 0 Å². The van der Waals surface area contributed by atoms with Crippen LogP contribution < -0.4 is 15.2 Å². The smallest absolute Gasteiger partial charge is 0.255 e. The minimum atomic E-state index is -0.683. The van der Waals surface area contributed by atoms with E-state index in [2.05, 4.69) is 20.3 Å². The predicted molar refractivity (Wildman–Crippen MR) is 106 cm³/mol. The van der Waals surface area contributed by atoms with E-state index in [-0.39, 0.29) is 5.91 Å². The van der Waals surface area contributed by atoms with Crippen molar-refractivity contribution in [2.24, 2.45) is 10.5 Å². The summed E-state index contributed by atoms with van der Waals surface area (Å²) in [5.41, 5.74) is 4.80. The number of nitrogens with zero attached hydrogens (tertiary/aromatic N) is 3. The van der Waals surface area contributed by atoms with Gasteiger partial charge in [0.1, 0.15) is 5.41 Å². The molecule has 1 N–H and O–H groups in total. The van der Waals surface area contributed by atoms with Crippen molar-refractivity contribution < 1.29 is 4.79 Å². The van der Waals surface area contributed by atoms with E-state index in [1.54, 1.807) is 0 Å². The van der Waals surface area contributed by atoms with Crippen LogP contribution in [0.25, 0.3) is 0 Å². The fraction of sp³-hybridized carbons (Fsp3) is 0.263. The number of amides is 1. The van der Waals surface area contributed by atoms with Crippen molar-refractivity contribution in [2.45, 2.75) is 6.92 Å². The van der Waals surface area contributed by atoms with E-state index in [9.17, 15) is 4.79 Å². The molecule has 0 unspecified atom stereocenters. The molecule has 134 valence electrons. The zero-order chi connectivity index (χ0) is 18.3. The maximum atomic E-state index is 12.7. The summed E-state index contributed by atoms with van der Waals surface area (Å²) in [5.74, 6) is -0.0624. The molecule has 1 amide bonds. The summed E-state index contributed by atoms with van der Waals surface area (Å²) in [5, 5.41) is 5.57. The predicted octanol–water partition coefficient (Wildman–Crippen LogP) is 3.77. The van der Waals surface area contributed by atoms with Crippen molar-refractivity contribution in [1.29, 1.82) is 0 Å². The summed E-state index contributed by atoms with van der Waals surface area (Å²) >= 11 is 12.1. The molecule has 0 saturated carbocycles. The number of benzene rings is 2. The Hall–Kier alpha value is -2.24. The van der Waals surface area contributed by atoms with Crippen LogP contribution in [-0.4, -0.2) is 31.4 Å². The number of nitrogens with one attached hydrogen (secondary N) is 1. The molecule has 1 saturated heterocycles. The summed E-state index contributed by atoms with van der Waals surface area (Å²) in [7, 11) is 0. The van der Waals surface area contributed by atoms with Crippen molar-refractivity contribution in [3.8, 4) is 0 Å². The number of hydrogen-bond donors (Lipinski definition) is 1. The highest BCUT2D eigenvalue weighted by atomic mass is 35.5. The first-order valence-corrected chi connectivity index (χ1v) is 9.10. The van der Waals surface area contributed by atoms with Crippen molar-refractivity contribution in [3.05, 3.63) is 58.6 Å². The Morgan fingerprint density at radius 1 is 0.923 bits per heavy atom. The Bertz CT molecular complexity index is 811. The average Bonchev–Trinajstić information content (AvgIpc) is 2.90. The molecular weight excluding hydrogens is 371 g/mol. The Morgan fingerprint density at radius 2 is 1.38 bits per heavy atom. The third-order valence-electron chi connectivity index (χ3n) is 5.10. The highest BCUT2D eigenvalue weighted by Gasteiger charge is 2.50. The second-order valence-electron chi connectivity index (χ2n) is 6.71. The fourth-order valence-corrected chi connectivity index (χ4v) is 3.79. The Kier molecular flexibility index (Phi) is 4.29. The second kappa shape index (κ2) is 6.49. The molecule has 4 rings (SSSR count). The van der Waals surface area contributed by atoms with Gasteiger partial charge in [0.2, 0.25) is 0 Å². The summed E-state index contributed by atoms with van der Waals surface area (Å²) < 4.78 is 0. The molecule has 2 aromatic carbocycles. The van der Waals surface area contributed by atoms with Crippen LogP contribution in [0.2, 0.25) is 10.0 Å². The average molecular weight is 389 g/mol. The summed E-state index contributed by atoms with van der Waals surface area (Å²) in [6.07, 6.45) is 0. The van der Waals surface area contributed by atoms with Crippen LogP contribution in [0.1, 0.15) is 6.92 Å². The third kappa shape index (κ3) is 2.91. The van der Waals surface area contributed by atoms with Crippen molar-refractivity contribution in [3.63, 3.8) is 0 Å². The van der Waals surface area contributed by atoms with Crippen LogP contribution in [0.5, 0.6) is 0 Å². The normalized spacial score (nSPS) is 18.9. The highest BCUT2D eigenvalue weighted by molar-refractivity contribution is 6.30. The fourth-order valence-electron chi connectivity index (χ4n) is 3.54. The molecule has 2 aliphatic heterocycles. The monoisotopic (exact) mass is 388 g/mol. The Labute approximate surface area is 162 Å². The lowest BCUT2D eigenvalue weighted by molar-refractivity contribution is -0.125. The number of hydrogen-bond acceptors (Lipinski definition) is 4. The van der Waals surface area contributed by atoms with Crippen molar-refractivity contribution >= 4 is 46.2 Å². The number of hydrazone groups is 1. The topological polar surface area (TPSA) is 47.9 Å². The first-order valence-electron chi connectivity index (χ1n) is 8.34. The number of anilines is 2. The molecule has 2 heterocycles. The molecule has 0 radical (unpaired) electrons. The van der Waals surface area contributed by atoms with Gasteiger partial charge in [-0.2, -0.15) is 5.10 Å². The minimum Gasteiger partial charge on any atom is -0.352 e. The number of rotatable bonds is 2. The number of carbonyl (C=O) groups excluding carboxylic acids is 1. The van der Waals surface area contributed by atoms with Gasteiger partial charge in [0, 0.05) is 34.5 Å². The number of halogens is 2. The maximum absolute atomic E-state index is 12.7. The first-order chi connectivity index (χ1) is 12.5. The molecule has 7 heteroatoms. The van der Waals surface area contributed by atoms with Gasteiger partial charge < -0.3 is 9.80 Å². The lowest BCUT2D eigenvalue weighted by atomic mass is 9.80. The highest BCUT2D eigenvalue weighted by Crippen LogP contribution is 2.35. The lowest BCUT2D eigenvalue weighted by Crippen LogP contribution is -2.61. The van der Waals surface area contributed by atoms with Crippen molar-refractivity contribution in [2.75, 3.05) is 29.6 Å². The van der Waals surface area contributed by atoms with E-state index in [4.69, 9.17) is 23.2 Å².